The summed E-state index contributed by atoms with van der Waals surface area (Å²) in [5.41, 5.74) is 4.20. The van der Waals surface area contributed by atoms with Gasteiger partial charge in [0.1, 0.15) is 5.69 Å². The Hall–Kier alpha value is -2.11. The number of hydroxylamine groups is 2. The number of pyridine rings is 1. The fourth-order valence-electron chi connectivity index (χ4n) is 2.01. The van der Waals surface area contributed by atoms with Crippen molar-refractivity contribution in [2.75, 3.05) is 14.1 Å². The third-order valence-electron chi connectivity index (χ3n) is 3.25. The van der Waals surface area contributed by atoms with Crippen LogP contribution in [0.2, 0.25) is 0 Å². The van der Waals surface area contributed by atoms with Crippen LogP contribution in [0.15, 0.2) is 46.9 Å². The van der Waals surface area contributed by atoms with Crippen molar-refractivity contribution in [1.29, 1.82) is 0 Å². The van der Waals surface area contributed by atoms with Gasteiger partial charge in [-0.05, 0) is 37.6 Å². The molecule has 0 amide bonds. The SMILES string of the molecule is Cc1c(N=Nc2ccncc2)ccc([N+](C)(C)[O-])c1C. The molecule has 1 aromatic carbocycles. The molecule has 0 aliphatic rings. The highest BCUT2D eigenvalue weighted by Crippen LogP contribution is 2.32. The minimum atomic E-state index is -0.450. The fourth-order valence-corrected chi connectivity index (χ4v) is 2.01. The number of rotatable bonds is 3. The first-order valence-electron chi connectivity index (χ1n) is 6.37. The highest BCUT2D eigenvalue weighted by atomic mass is 16.5. The molecule has 0 saturated carbocycles. The van der Waals surface area contributed by atoms with Crippen molar-refractivity contribution >= 4 is 17.1 Å². The Morgan fingerprint density at radius 2 is 1.60 bits per heavy atom. The van der Waals surface area contributed by atoms with Gasteiger partial charge in [0.05, 0.1) is 25.5 Å². The summed E-state index contributed by atoms with van der Waals surface area (Å²) in [6, 6.07) is 7.23. The zero-order chi connectivity index (χ0) is 14.8. The highest BCUT2D eigenvalue weighted by molar-refractivity contribution is 5.62. The van der Waals surface area contributed by atoms with Crippen LogP contribution in [0.4, 0.5) is 17.1 Å². The largest absolute Gasteiger partial charge is 0.628 e. The molecule has 0 aliphatic carbocycles. The Labute approximate surface area is 118 Å². The summed E-state index contributed by atoms with van der Waals surface area (Å²) in [5.74, 6) is 0. The average molecular weight is 270 g/mol. The second-order valence-corrected chi connectivity index (χ2v) is 5.11. The third-order valence-corrected chi connectivity index (χ3v) is 3.25. The standard InChI is InChI=1S/C15H18N4O/c1-11-12(2)15(19(3,4)20)6-5-14(11)18-17-13-7-9-16-10-8-13/h5-10H,1-4H3. The Balaban J connectivity index is 2.36. The lowest BCUT2D eigenvalue weighted by Gasteiger charge is -2.34. The van der Waals surface area contributed by atoms with E-state index in [1.165, 1.54) is 0 Å². The molecular formula is C15H18N4O. The molecular weight excluding hydrogens is 252 g/mol. The molecule has 0 atom stereocenters. The number of azo groups is 1. The van der Waals surface area contributed by atoms with Crippen LogP contribution in [0.1, 0.15) is 11.1 Å². The Morgan fingerprint density at radius 1 is 0.950 bits per heavy atom. The lowest BCUT2D eigenvalue weighted by molar-refractivity contribution is 0.540. The maximum Gasteiger partial charge on any atom is 0.135 e. The maximum atomic E-state index is 12.0. The van der Waals surface area contributed by atoms with Crippen molar-refractivity contribution < 1.29 is 0 Å². The third kappa shape index (κ3) is 3.07. The van der Waals surface area contributed by atoms with Gasteiger partial charge < -0.3 is 9.85 Å². The summed E-state index contributed by atoms with van der Waals surface area (Å²) >= 11 is 0. The van der Waals surface area contributed by atoms with E-state index in [-0.39, 0.29) is 0 Å². The van der Waals surface area contributed by atoms with E-state index < -0.39 is 4.65 Å². The van der Waals surface area contributed by atoms with Crippen molar-refractivity contribution in [2.45, 2.75) is 13.8 Å². The first-order valence-corrected chi connectivity index (χ1v) is 6.37. The van der Waals surface area contributed by atoms with Crippen LogP contribution in [-0.2, 0) is 0 Å². The Bertz CT molecular complexity index is 630. The maximum absolute atomic E-state index is 12.0. The number of aromatic nitrogens is 1. The van der Waals surface area contributed by atoms with Crippen molar-refractivity contribution in [3.05, 3.63) is 53.0 Å². The van der Waals surface area contributed by atoms with Crippen molar-refractivity contribution in [3.8, 4) is 0 Å². The number of quaternary nitrogens is 1. The van der Waals surface area contributed by atoms with Gasteiger partial charge in [-0.2, -0.15) is 10.2 Å². The summed E-state index contributed by atoms with van der Waals surface area (Å²) in [7, 11) is 3.22. The first-order chi connectivity index (χ1) is 9.39. The van der Waals surface area contributed by atoms with Gasteiger partial charge in [0, 0.05) is 24.0 Å². The van der Waals surface area contributed by atoms with E-state index in [1.807, 2.05) is 26.0 Å². The topological polar surface area (TPSA) is 60.7 Å². The van der Waals surface area contributed by atoms with Crippen LogP contribution in [0, 0.1) is 19.1 Å². The van der Waals surface area contributed by atoms with Crippen molar-refractivity contribution in [3.63, 3.8) is 0 Å². The molecule has 5 nitrogen and oxygen atoms in total. The molecule has 2 rings (SSSR count). The molecule has 0 bridgehead atoms. The van der Waals surface area contributed by atoms with E-state index in [4.69, 9.17) is 0 Å². The quantitative estimate of drug-likeness (QED) is 0.477. The molecule has 20 heavy (non-hydrogen) atoms. The van der Waals surface area contributed by atoms with Gasteiger partial charge in [-0.25, -0.2) is 0 Å². The second kappa shape index (κ2) is 5.48. The van der Waals surface area contributed by atoms with E-state index in [1.54, 1.807) is 38.6 Å². The smallest absolute Gasteiger partial charge is 0.135 e. The van der Waals surface area contributed by atoms with E-state index >= 15 is 0 Å². The molecule has 1 heterocycles. The van der Waals surface area contributed by atoms with Gasteiger partial charge in [-0.15, -0.1) is 0 Å². The van der Waals surface area contributed by atoms with Gasteiger partial charge in [-0.3, -0.25) is 4.98 Å². The molecule has 0 aliphatic heterocycles. The van der Waals surface area contributed by atoms with Gasteiger partial charge in [0.15, 0.2) is 0 Å². The monoisotopic (exact) mass is 270 g/mol. The normalized spacial score (nSPS) is 12.1. The number of hydrogen-bond acceptors (Lipinski definition) is 4. The molecule has 104 valence electrons. The minimum Gasteiger partial charge on any atom is -0.628 e. The van der Waals surface area contributed by atoms with Crippen molar-refractivity contribution in [2.24, 2.45) is 10.2 Å². The molecule has 0 fully saturated rings. The highest BCUT2D eigenvalue weighted by Gasteiger charge is 2.15. The zero-order valence-electron chi connectivity index (χ0n) is 12.2. The van der Waals surface area contributed by atoms with E-state index in [9.17, 15) is 5.21 Å². The predicted molar refractivity (Wildman–Crippen MR) is 81.3 cm³/mol. The Kier molecular flexibility index (Phi) is 3.92. The molecule has 0 spiro atoms. The summed E-state index contributed by atoms with van der Waals surface area (Å²) < 4.78 is -0.450. The number of hydrogen-bond donors (Lipinski definition) is 0. The molecule has 1 aromatic heterocycles. The van der Waals surface area contributed by atoms with Gasteiger partial charge in [-0.1, -0.05) is 0 Å². The lowest BCUT2D eigenvalue weighted by Crippen LogP contribution is -2.33. The molecule has 0 unspecified atom stereocenters. The molecule has 2 aromatic rings. The van der Waals surface area contributed by atoms with Crippen LogP contribution >= 0.6 is 0 Å². The molecule has 0 saturated heterocycles. The number of nitrogens with zero attached hydrogens (tertiary/aromatic N) is 4. The summed E-state index contributed by atoms with van der Waals surface area (Å²) in [6.07, 6.45) is 3.35. The van der Waals surface area contributed by atoms with Gasteiger partial charge in [0.25, 0.3) is 0 Å². The minimum absolute atomic E-state index is 0.450. The van der Waals surface area contributed by atoms with Crippen LogP contribution in [0.25, 0.3) is 0 Å². The van der Waals surface area contributed by atoms with Crippen LogP contribution in [-0.4, -0.2) is 19.1 Å². The average Bonchev–Trinajstić information content (AvgIpc) is 2.40. The van der Waals surface area contributed by atoms with E-state index in [0.29, 0.717) is 0 Å². The first kappa shape index (κ1) is 14.3. The van der Waals surface area contributed by atoms with Crippen LogP contribution in [0.3, 0.4) is 0 Å². The second-order valence-electron chi connectivity index (χ2n) is 5.11. The van der Waals surface area contributed by atoms with Crippen LogP contribution < -0.4 is 4.65 Å². The number of benzene rings is 1. The summed E-state index contributed by atoms with van der Waals surface area (Å²) in [4.78, 5) is 3.93. The van der Waals surface area contributed by atoms with Crippen molar-refractivity contribution in [1.82, 2.24) is 9.63 Å². The molecule has 0 N–H and O–H groups in total. The summed E-state index contributed by atoms with van der Waals surface area (Å²) in [5, 5.41) is 20.5. The Morgan fingerprint density at radius 3 is 2.20 bits per heavy atom. The van der Waals surface area contributed by atoms with Gasteiger partial charge >= 0.3 is 0 Å². The predicted octanol–water partition coefficient (Wildman–Crippen LogP) is 4.18. The van der Waals surface area contributed by atoms with E-state index in [0.717, 1.165) is 28.2 Å². The van der Waals surface area contributed by atoms with Crippen LogP contribution in [0.5, 0.6) is 0 Å². The molecule has 5 heteroatoms. The zero-order valence-corrected chi connectivity index (χ0v) is 12.2. The lowest BCUT2D eigenvalue weighted by atomic mass is 10.1. The molecule has 0 radical (unpaired) electrons. The van der Waals surface area contributed by atoms with Gasteiger partial charge in [0.2, 0.25) is 0 Å². The van der Waals surface area contributed by atoms with E-state index in [2.05, 4.69) is 15.2 Å². The fraction of sp³-hybridized carbons (Fsp3) is 0.267. The summed E-state index contributed by atoms with van der Waals surface area (Å²) in [6.45, 7) is 3.89.